The van der Waals surface area contributed by atoms with Crippen molar-refractivity contribution in [2.75, 3.05) is 0 Å². The quantitative estimate of drug-likeness (QED) is 0.504. The molecule has 4 rings (SSSR count). The minimum atomic E-state index is -0.333. The van der Waals surface area contributed by atoms with Gasteiger partial charge < -0.3 is 4.74 Å². The predicted octanol–water partition coefficient (Wildman–Crippen LogP) is 2.96. The molecule has 8 nitrogen and oxygen atoms in total. The lowest BCUT2D eigenvalue weighted by atomic mass is 10.1. The van der Waals surface area contributed by atoms with Crippen molar-refractivity contribution in [1.29, 1.82) is 0 Å². The summed E-state index contributed by atoms with van der Waals surface area (Å²) in [6, 6.07) is 14.6. The highest BCUT2D eigenvalue weighted by molar-refractivity contribution is 6.33. The second kappa shape index (κ2) is 7.84. The maximum Gasteiger partial charge on any atom is 0.368 e. The molecule has 0 N–H and O–H groups in total. The molecular formula is C20H17ClN6O2. The molecule has 0 fully saturated rings. The molecule has 0 bridgehead atoms. The summed E-state index contributed by atoms with van der Waals surface area (Å²) in [6.07, 6.45) is 1.62. The molecule has 29 heavy (non-hydrogen) atoms. The van der Waals surface area contributed by atoms with E-state index in [0.29, 0.717) is 22.4 Å². The first kappa shape index (κ1) is 18.8. The van der Waals surface area contributed by atoms with E-state index >= 15 is 0 Å². The van der Waals surface area contributed by atoms with Crippen molar-refractivity contribution in [2.45, 2.75) is 13.5 Å². The van der Waals surface area contributed by atoms with Gasteiger partial charge in [0.2, 0.25) is 5.88 Å². The van der Waals surface area contributed by atoms with Gasteiger partial charge >= 0.3 is 5.69 Å². The normalized spacial score (nSPS) is 10.9. The number of aromatic nitrogens is 6. The van der Waals surface area contributed by atoms with Crippen LogP contribution < -0.4 is 10.4 Å². The van der Waals surface area contributed by atoms with Gasteiger partial charge in [0.1, 0.15) is 6.61 Å². The average Bonchev–Trinajstić information content (AvgIpc) is 3.06. The van der Waals surface area contributed by atoms with Crippen LogP contribution in [0.15, 0.2) is 59.5 Å². The lowest BCUT2D eigenvalue weighted by molar-refractivity contribution is 0.292. The first-order valence-electron chi connectivity index (χ1n) is 8.83. The molecule has 2 aromatic heterocycles. The van der Waals surface area contributed by atoms with Gasteiger partial charge in [0, 0.05) is 30.4 Å². The van der Waals surface area contributed by atoms with Crippen LogP contribution in [0.3, 0.4) is 0 Å². The number of hydrogen-bond donors (Lipinski definition) is 0. The Morgan fingerprint density at radius 3 is 2.66 bits per heavy atom. The van der Waals surface area contributed by atoms with E-state index in [9.17, 15) is 4.79 Å². The molecule has 0 saturated heterocycles. The number of ether oxygens (including phenoxy) is 1. The van der Waals surface area contributed by atoms with E-state index < -0.39 is 0 Å². The van der Waals surface area contributed by atoms with E-state index in [1.165, 1.54) is 9.36 Å². The minimum absolute atomic E-state index is 0.198. The highest BCUT2D eigenvalue weighted by Crippen LogP contribution is 2.26. The zero-order valence-electron chi connectivity index (χ0n) is 15.8. The standard InChI is InChI=1S/C20H17ClN6O2/c1-13-6-5-9-17(27-20(28)26(2)24-25-27)15(13)12-29-18-10-11-22-19(23-18)14-7-3-4-8-16(14)21/h3-11H,12H2,1-2H3. The fourth-order valence-electron chi connectivity index (χ4n) is 2.88. The molecule has 0 saturated carbocycles. The van der Waals surface area contributed by atoms with Gasteiger partial charge in [-0.25, -0.2) is 9.78 Å². The Morgan fingerprint density at radius 2 is 1.90 bits per heavy atom. The summed E-state index contributed by atoms with van der Waals surface area (Å²) in [6.45, 7) is 2.14. The summed E-state index contributed by atoms with van der Waals surface area (Å²) in [5, 5.41) is 8.27. The van der Waals surface area contributed by atoms with E-state index in [1.54, 1.807) is 31.4 Å². The molecule has 0 aliphatic carbocycles. The van der Waals surface area contributed by atoms with Crippen molar-refractivity contribution in [3.05, 3.63) is 81.4 Å². The summed E-state index contributed by atoms with van der Waals surface area (Å²) in [5.74, 6) is 0.874. The zero-order valence-corrected chi connectivity index (χ0v) is 16.5. The first-order valence-corrected chi connectivity index (χ1v) is 9.21. The molecule has 2 aromatic carbocycles. The van der Waals surface area contributed by atoms with E-state index in [2.05, 4.69) is 20.4 Å². The summed E-state index contributed by atoms with van der Waals surface area (Å²) in [7, 11) is 1.55. The Kier molecular flexibility index (Phi) is 5.09. The van der Waals surface area contributed by atoms with Crippen LogP contribution in [-0.4, -0.2) is 29.8 Å². The molecular weight excluding hydrogens is 392 g/mol. The molecule has 4 aromatic rings. The van der Waals surface area contributed by atoms with Crippen LogP contribution in [0.1, 0.15) is 11.1 Å². The van der Waals surface area contributed by atoms with Gasteiger partial charge in [0.15, 0.2) is 5.82 Å². The van der Waals surface area contributed by atoms with Gasteiger partial charge in [-0.05, 0) is 41.1 Å². The van der Waals surface area contributed by atoms with E-state index in [-0.39, 0.29) is 12.3 Å². The molecule has 0 atom stereocenters. The Labute approximate surface area is 171 Å². The number of rotatable bonds is 5. The Balaban J connectivity index is 1.64. The van der Waals surface area contributed by atoms with E-state index in [1.807, 2.05) is 37.3 Å². The molecule has 0 radical (unpaired) electrons. The number of halogens is 1. The number of nitrogens with zero attached hydrogens (tertiary/aromatic N) is 6. The highest BCUT2D eigenvalue weighted by Gasteiger charge is 2.14. The van der Waals surface area contributed by atoms with Crippen LogP contribution in [0.4, 0.5) is 0 Å². The van der Waals surface area contributed by atoms with Crippen LogP contribution in [0.25, 0.3) is 17.1 Å². The molecule has 146 valence electrons. The van der Waals surface area contributed by atoms with E-state index in [0.717, 1.165) is 16.7 Å². The lowest BCUT2D eigenvalue weighted by Crippen LogP contribution is -2.23. The van der Waals surface area contributed by atoms with Gasteiger partial charge in [0.05, 0.1) is 10.7 Å². The number of benzene rings is 2. The smallest absolute Gasteiger partial charge is 0.368 e. The van der Waals surface area contributed by atoms with Crippen molar-refractivity contribution in [2.24, 2.45) is 7.05 Å². The first-order chi connectivity index (χ1) is 14.0. The van der Waals surface area contributed by atoms with Crippen LogP contribution in [0.2, 0.25) is 5.02 Å². The third-order valence-corrected chi connectivity index (χ3v) is 4.77. The molecule has 2 heterocycles. The summed E-state index contributed by atoms with van der Waals surface area (Å²) in [5.41, 5.74) is 2.78. The van der Waals surface area contributed by atoms with Gasteiger partial charge in [-0.3, -0.25) is 0 Å². The Bertz CT molecular complexity index is 1230. The third kappa shape index (κ3) is 3.74. The third-order valence-electron chi connectivity index (χ3n) is 4.44. The minimum Gasteiger partial charge on any atom is -0.473 e. The molecule has 0 aliphatic rings. The van der Waals surface area contributed by atoms with Crippen molar-refractivity contribution >= 4 is 11.6 Å². The second-order valence-corrected chi connectivity index (χ2v) is 6.76. The number of aryl methyl sites for hydroxylation is 2. The maximum atomic E-state index is 12.3. The maximum absolute atomic E-state index is 12.3. The number of hydrogen-bond acceptors (Lipinski definition) is 6. The Hall–Kier alpha value is -3.52. The van der Waals surface area contributed by atoms with Crippen molar-refractivity contribution in [3.63, 3.8) is 0 Å². The predicted molar refractivity (Wildman–Crippen MR) is 108 cm³/mol. The molecule has 0 amide bonds. The van der Waals surface area contributed by atoms with Crippen LogP contribution >= 0.6 is 11.6 Å². The summed E-state index contributed by atoms with van der Waals surface area (Å²) < 4.78 is 8.34. The van der Waals surface area contributed by atoms with Gasteiger partial charge in [-0.2, -0.15) is 14.3 Å². The van der Waals surface area contributed by atoms with Crippen LogP contribution in [-0.2, 0) is 13.7 Å². The average molecular weight is 409 g/mol. The fraction of sp³-hybridized carbons (Fsp3) is 0.150. The number of tetrazole rings is 1. The second-order valence-electron chi connectivity index (χ2n) is 6.36. The van der Waals surface area contributed by atoms with Crippen molar-refractivity contribution in [1.82, 2.24) is 29.8 Å². The molecule has 0 spiro atoms. The highest BCUT2D eigenvalue weighted by atomic mass is 35.5. The summed E-state index contributed by atoms with van der Waals surface area (Å²) >= 11 is 6.24. The van der Waals surface area contributed by atoms with Crippen molar-refractivity contribution in [3.8, 4) is 23.0 Å². The summed E-state index contributed by atoms with van der Waals surface area (Å²) in [4.78, 5) is 21.0. The lowest BCUT2D eigenvalue weighted by Gasteiger charge is -2.13. The van der Waals surface area contributed by atoms with E-state index in [4.69, 9.17) is 16.3 Å². The van der Waals surface area contributed by atoms with Gasteiger partial charge in [0.25, 0.3) is 0 Å². The van der Waals surface area contributed by atoms with Gasteiger partial charge in [-0.15, -0.1) is 0 Å². The van der Waals surface area contributed by atoms with Crippen LogP contribution in [0, 0.1) is 6.92 Å². The largest absolute Gasteiger partial charge is 0.473 e. The van der Waals surface area contributed by atoms with Crippen LogP contribution in [0.5, 0.6) is 5.88 Å². The molecule has 0 aliphatic heterocycles. The molecule has 9 heteroatoms. The van der Waals surface area contributed by atoms with Gasteiger partial charge in [-0.1, -0.05) is 35.9 Å². The topological polar surface area (TPSA) is 87.7 Å². The monoisotopic (exact) mass is 408 g/mol. The zero-order chi connectivity index (χ0) is 20.4. The molecule has 0 unspecified atom stereocenters. The Morgan fingerprint density at radius 1 is 1.07 bits per heavy atom. The fourth-order valence-corrected chi connectivity index (χ4v) is 3.10. The van der Waals surface area contributed by atoms with Crippen molar-refractivity contribution < 1.29 is 4.74 Å². The SMILES string of the molecule is Cc1cccc(-n2nnn(C)c2=O)c1COc1ccnc(-c2ccccc2Cl)n1.